The third-order valence-electron chi connectivity index (χ3n) is 2.52. The van der Waals surface area contributed by atoms with Crippen molar-refractivity contribution in [1.29, 1.82) is 0 Å². The highest BCUT2D eigenvalue weighted by Gasteiger charge is 2.34. The fourth-order valence-corrected chi connectivity index (χ4v) is 1.76. The molecule has 1 saturated heterocycles. The van der Waals surface area contributed by atoms with Crippen molar-refractivity contribution in [1.82, 2.24) is 4.90 Å². The normalized spacial score (nSPS) is 25.9. The first-order valence-corrected chi connectivity index (χ1v) is 5.56. The SMILES string of the molecule is COC[C@@H]1CN(C(=O)OC(C)(C)C)C[C@@H]1N. The van der Waals surface area contributed by atoms with Crippen LogP contribution < -0.4 is 5.73 Å². The number of hydrogen-bond acceptors (Lipinski definition) is 4. The summed E-state index contributed by atoms with van der Waals surface area (Å²) in [6.45, 7) is 7.31. The maximum absolute atomic E-state index is 11.8. The Hall–Kier alpha value is -0.810. The third-order valence-corrected chi connectivity index (χ3v) is 2.52. The Morgan fingerprint density at radius 2 is 2.06 bits per heavy atom. The highest BCUT2D eigenvalue weighted by Crippen LogP contribution is 2.18. The molecule has 0 radical (unpaired) electrons. The third kappa shape index (κ3) is 3.64. The predicted octanol–water partition coefficient (Wildman–Crippen LogP) is 0.827. The monoisotopic (exact) mass is 230 g/mol. The summed E-state index contributed by atoms with van der Waals surface area (Å²) in [5.74, 6) is 0.206. The van der Waals surface area contributed by atoms with E-state index < -0.39 is 5.60 Å². The van der Waals surface area contributed by atoms with E-state index in [0.29, 0.717) is 19.7 Å². The minimum absolute atomic E-state index is 0.0209. The molecule has 2 atom stereocenters. The van der Waals surface area contributed by atoms with E-state index >= 15 is 0 Å². The van der Waals surface area contributed by atoms with Gasteiger partial charge in [-0.3, -0.25) is 0 Å². The fourth-order valence-electron chi connectivity index (χ4n) is 1.76. The van der Waals surface area contributed by atoms with E-state index in [-0.39, 0.29) is 18.1 Å². The lowest BCUT2D eigenvalue weighted by Gasteiger charge is -2.24. The molecule has 1 heterocycles. The molecule has 0 saturated carbocycles. The van der Waals surface area contributed by atoms with E-state index in [0.717, 1.165) is 0 Å². The number of methoxy groups -OCH3 is 1. The minimum Gasteiger partial charge on any atom is -0.444 e. The lowest BCUT2D eigenvalue weighted by atomic mass is 10.1. The van der Waals surface area contributed by atoms with Gasteiger partial charge in [-0.1, -0.05) is 0 Å². The van der Waals surface area contributed by atoms with Gasteiger partial charge in [0.2, 0.25) is 0 Å². The summed E-state index contributed by atoms with van der Waals surface area (Å²) in [5, 5.41) is 0. The van der Waals surface area contributed by atoms with E-state index in [4.69, 9.17) is 15.2 Å². The van der Waals surface area contributed by atoms with Gasteiger partial charge in [0.1, 0.15) is 5.60 Å². The van der Waals surface area contributed by atoms with Gasteiger partial charge >= 0.3 is 6.09 Å². The quantitative estimate of drug-likeness (QED) is 0.763. The molecule has 5 heteroatoms. The molecule has 0 unspecified atom stereocenters. The second-order valence-corrected chi connectivity index (χ2v) is 5.26. The van der Waals surface area contributed by atoms with Gasteiger partial charge in [0, 0.05) is 32.2 Å². The van der Waals surface area contributed by atoms with Crippen molar-refractivity contribution in [2.75, 3.05) is 26.8 Å². The highest BCUT2D eigenvalue weighted by molar-refractivity contribution is 5.68. The topological polar surface area (TPSA) is 64.8 Å². The number of amides is 1. The van der Waals surface area contributed by atoms with Crippen molar-refractivity contribution in [2.24, 2.45) is 11.7 Å². The van der Waals surface area contributed by atoms with Crippen molar-refractivity contribution in [3.8, 4) is 0 Å². The van der Waals surface area contributed by atoms with E-state index in [2.05, 4.69) is 0 Å². The number of likely N-dealkylation sites (tertiary alicyclic amines) is 1. The Labute approximate surface area is 96.9 Å². The summed E-state index contributed by atoms with van der Waals surface area (Å²) in [4.78, 5) is 13.4. The molecule has 2 N–H and O–H groups in total. The standard InChI is InChI=1S/C11H22N2O3/c1-11(2,3)16-10(14)13-5-8(7-15-4)9(12)6-13/h8-9H,5-7,12H2,1-4H3/t8-,9-/m0/s1. The Bertz CT molecular complexity index is 250. The number of ether oxygens (including phenoxy) is 2. The van der Waals surface area contributed by atoms with Crippen LogP contribution in [0.5, 0.6) is 0 Å². The Kier molecular flexibility index (Phi) is 4.15. The minimum atomic E-state index is -0.458. The van der Waals surface area contributed by atoms with Gasteiger partial charge in [0.15, 0.2) is 0 Å². The zero-order chi connectivity index (χ0) is 12.3. The van der Waals surface area contributed by atoms with Crippen molar-refractivity contribution in [3.05, 3.63) is 0 Å². The number of nitrogens with zero attached hydrogens (tertiary/aromatic N) is 1. The van der Waals surface area contributed by atoms with Crippen LogP contribution in [0.15, 0.2) is 0 Å². The van der Waals surface area contributed by atoms with Crippen molar-refractivity contribution in [2.45, 2.75) is 32.4 Å². The van der Waals surface area contributed by atoms with Gasteiger partial charge in [0.25, 0.3) is 0 Å². The Balaban J connectivity index is 2.48. The van der Waals surface area contributed by atoms with Crippen LogP contribution in [0.4, 0.5) is 4.79 Å². The summed E-state index contributed by atoms with van der Waals surface area (Å²) in [6.07, 6.45) is -0.290. The van der Waals surface area contributed by atoms with Gasteiger partial charge in [0.05, 0.1) is 6.61 Å². The van der Waals surface area contributed by atoms with Crippen LogP contribution in [0.1, 0.15) is 20.8 Å². The molecule has 0 aliphatic carbocycles. The Morgan fingerprint density at radius 3 is 2.56 bits per heavy atom. The van der Waals surface area contributed by atoms with E-state index in [1.54, 1.807) is 12.0 Å². The molecule has 1 aliphatic rings. The van der Waals surface area contributed by atoms with Crippen LogP contribution in [0.3, 0.4) is 0 Å². The van der Waals surface area contributed by atoms with Gasteiger partial charge in [-0.25, -0.2) is 4.79 Å². The number of rotatable bonds is 2. The summed E-state index contributed by atoms with van der Waals surface area (Å²) < 4.78 is 10.4. The molecule has 1 fully saturated rings. The number of carbonyl (C=O) groups is 1. The number of nitrogens with two attached hydrogens (primary N) is 1. The molecule has 0 aromatic heterocycles. The lowest BCUT2D eigenvalue weighted by molar-refractivity contribution is 0.0279. The second-order valence-electron chi connectivity index (χ2n) is 5.26. The summed E-state index contributed by atoms with van der Waals surface area (Å²) in [7, 11) is 1.64. The molecule has 1 aliphatic heterocycles. The van der Waals surface area contributed by atoms with Crippen LogP contribution in [-0.2, 0) is 9.47 Å². The fraction of sp³-hybridized carbons (Fsp3) is 0.909. The predicted molar refractivity (Wildman–Crippen MR) is 61.1 cm³/mol. The molecule has 0 aromatic rings. The first-order valence-electron chi connectivity index (χ1n) is 5.56. The molecule has 1 amide bonds. The summed E-state index contributed by atoms with van der Waals surface area (Å²) in [5.41, 5.74) is 5.47. The van der Waals surface area contributed by atoms with Crippen molar-refractivity contribution >= 4 is 6.09 Å². The molecule has 0 spiro atoms. The van der Waals surface area contributed by atoms with Crippen LogP contribution in [0, 0.1) is 5.92 Å². The lowest BCUT2D eigenvalue weighted by Crippen LogP contribution is -2.36. The Morgan fingerprint density at radius 1 is 1.44 bits per heavy atom. The zero-order valence-electron chi connectivity index (χ0n) is 10.5. The first-order chi connectivity index (χ1) is 7.33. The highest BCUT2D eigenvalue weighted by atomic mass is 16.6. The van der Waals surface area contributed by atoms with Crippen LogP contribution >= 0.6 is 0 Å². The van der Waals surface area contributed by atoms with Crippen LogP contribution in [0.25, 0.3) is 0 Å². The molecule has 0 aromatic carbocycles. The molecule has 1 rings (SSSR count). The van der Waals surface area contributed by atoms with Crippen molar-refractivity contribution < 1.29 is 14.3 Å². The molecule has 5 nitrogen and oxygen atoms in total. The van der Waals surface area contributed by atoms with Crippen molar-refractivity contribution in [3.63, 3.8) is 0 Å². The molecule has 16 heavy (non-hydrogen) atoms. The summed E-state index contributed by atoms with van der Waals surface area (Å²) >= 11 is 0. The number of carbonyl (C=O) groups excluding carboxylic acids is 1. The van der Waals surface area contributed by atoms with E-state index in [9.17, 15) is 4.79 Å². The van der Waals surface area contributed by atoms with Gasteiger partial charge < -0.3 is 20.1 Å². The maximum atomic E-state index is 11.8. The molecular formula is C11H22N2O3. The smallest absolute Gasteiger partial charge is 0.410 e. The first kappa shape index (κ1) is 13.3. The molecule has 0 bridgehead atoms. The summed E-state index contributed by atoms with van der Waals surface area (Å²) in [6, 6.07) is -0.0209. The van der Waals surface area contributed by atoms with Gasteiger partial charge in [-0.05, 0) is 20.8 Å². The average molecular weight is 230 g/mol. The maximum Gasteiger partial charge on any atom is 0.410 e. The van der Waals surface area contributed by atoms with Crippen LogP contribution in [-0.4, -0.2) is 49.4 Å². The number of hydrogen-bond donors (Lipinski definition) is 1. The average Bonchev–Trinajstić information content (AvgIpc) is 2.46. The van der Waals surface area contributed by atoms with Gasteiger partial charge in [-0.2, -0.15) is 0 Å². The second kappa shape index (κ2) is 5.01. The van der Waals surface area contributed by atoms with Crippen LogP contribution in [0.2, 0.25) is 0 Å². The largest absolute Gasteiger partial charge is 0.444 e. The van der Waals surface area contributed by atoms with Gasteiger partial charge in [-0.15, -0.1) is 0 Å². The molecular weight excluding hydrogens is 208 g/mol. The van der Waals surface area contributed by atoms with E-state index in [1.807, 2.05) is 20.8 Å². The molecule has 94 valence electrons. The zero-order valence-corrected chi connectivity index (χ0v) is 10.5. The van der Waals surface area contributed by atoms with E-state index in [1.165, 1.54) is 0 Å².